The third-order valence-corrected chi connectivity index (χ3v) is 5.46. The predicted octanol–water partition coefficient (Wildman–Crippen LogP) is 5.43. The van der Waals surface area contributed by atoms with Gasteiger partial charge in [-0.1, -0.05) is 12.1 Å². The third kappa shape index (κ3) is 2.63. The van der Waals surface area contributed by atoms with Gasteiger partial charge in [-0.3, -0.25) is 0 Å². The van der Waals surface area contributed by atoms with E-state index >= 15 is 0 Å². The normalized spacial score (nSPS) is 11.3. The second-order valence-corrected chi connectivity index (χ2v) is 7.16. The van der Waals surface area contributed by atoms with Gasteiger partial charge in [-0.15, -0.1) is 21.5 Å². The molecule has 3 heterocycles. The summed E-state index contributed by atoms with van der Waals surface area (Å²) >= 11 is 1.63. The highest BCUT2D eigenvalue weighted by Gasteiger charge is 2.15. The molecule has 3 aromatic heterocycles. The molecule has 0 radical (unpaired) electrons. The van der Waals surface area contributed by atoms with Gasteiger partial charge >= 0.3 is 0 Å². The molecule has 0 atom stereocenters. The smallest absolute Gasteiger partial charge is 0.163 e. The Morgan fingerprint density at radius 2 is 2.04 bits per heavy atom. The van der Waals surface area contributed by atoms with Gasteiger partial charge in [-0.2, -0.15) is 0 Å². The van der Waals surface area contributed by atoms with E-state index in [0.29, 0.717) is 5.82 Å². The van der Waals surface area contributed by atoms with Crippen LogP contribution in [0.25, 0.3) is 32.4 Å². The van der Waals surface area contributed by atoms with Crippen LogP contribution in [0.2, 0.25) is 0 Å². The Hall–Kier alpha value is -3.32. The first kappa shape index (κ1) is 15.9. The number of H-pyrrole nitrogens is 1. The van der Waals surface area contributed by atoms with Crippen LogP contribution < -0.4 is 5.32 Å². The van der Waals surface area contributed by atoms with Crippen molar-refractivity contribution in [2.75, 3.05) is 5.32 Å². The summed E-state index contributed by atoms with van der Waals surface area (Å²) in [5, 5.41) is 15.6. The fourth-order valence-electron chi connectivity index (χ4n) is 3.26. The van der Waals surface area contributed by atoms with E-state index in [2.05, 4.69) is 38.0 Å². The summed E-state index contributed by atoms with van der Waals surface area (Å²) in [4.78, 5) is 7.96. The molecule has 0 saturated carbocycles. The molecule has 0 aliphatic rings. The number of aromatic amines is 1. The van der Waals surface area contributed by atoms with Crippen molar-refractivity contribution in [3.8, 4) is 11.4 Å². The van der Waals surface area contributed by atoms with Crippen molar-refractivity contribution in [3.63, 3.8) is 0 Å². The minimum Gasteiger partial charge on any atom is -0.339 e. The molecule has 0 bridgehead atoms. The number of hydrogen-bond acceptors (Lipinski definition) is 5. The Morgan fingerprint density at radius 3 is 2.85 bits per heavy atom. The number of nitrogens with one attached hydrogen (secondary N) is 2. The number of pyridine rings is 1. The molecule has 5 rings (SSSR count). The number of aryl methyl sites for hydroxylation is 1. The van der Waals surface area contributed by atoms with Crippen LogP contribution in [0.5, 0.6) is 0 Å². The Morgan fingerprint density at radius 1 is 1.11 bits per heavy atom. The number of thiophene rings is 1. The van der Waals surface area contributed by atoms with Crippen molar-refractivity contribution >= 4 is 43.8 Å². The highest BCUT2D eigenvalue weighted by atomic mass is 32.1. The van der Waals surface area contributed by atoms with Crippen LogP contribution >= 0.6 is 11.3 Å². The van der Waals surface area contributed by atoms with Gasteiger partial charge in [-0.25, -0.2) is 9.37 Å². The van der Waals surface area contributed by atoms with Gasteiger partial charge in [-0.05, 0) is 48.2 Å². The molecule has 27 heavy (non-hydrogen) atoms. The summed E-state index contributed by atoms with van der Waals surface area (Å²) < 4.78 is 14.5. The van der Waals surface area contributed by atoms with Gasteiger partial charge in [0.2, 0.25) is 0 Å². The Kier molecular flexibility index (Phi) is 3.61. The Bertz CT molecular complexity index is 1280. The van der Waals surface area contributed by atoms with E-state index in [1.54, 1.807) is 23.7 Å². The summed E-state index contributed by atoms with van der Waals surface area (Å²) in [6.07, 6.45) is 1.55. The Balaban J connectivity index is 1.76. The number of aromatic nitrogens is 4. The molecule has 0 fully saturated rings. The van der Waals surface area contributed by atoms with Crippen molar-refractivity contribution in [3.05, 3.63) is 65.6 Å². The van der Waals surface area contributed by atoms with Crippen LogP contribution in [0, 0.1) is 12.7 Å². The van der Waals surface area contributed by atoms with Crippen molar-refractivity contribution in [2.45, 2.75) is 6.92 Å². The number of anilines is 2. The molecule has 2 aromatic carbocycles. The number of rotatable bonds is 3. The fourth-order valence-corrected chi connectivity index (χ4v) is 4.11. The largest absolute Gasteiger partial charge is 0.339 e. The number of benzene rings is 2. The maximum absolute atomic E-state index is 13.5. The van der Waals surface area contributed by atoms with Crippen LogP contribution in [0.3, 0.4) is 0 Å². The second kappa shape index (κ2) is 6.14. The maximum Gasteiger partial charge on any atom is 0.163 e. The zero-order valence-electron chi connectivity index (χ0n) is 14.3. The summed E-state index contributed by atoms with van der Waals surface area (Å²) in [5.74, 6) is 1.17. The van der Waals surface area contributed by atoms with Gasteiger partial charge in [0.25, 0.3) is 0 Å². The molecular formula is C20H14FN5S. The van der Waals surface area contributed by atoms with Crippen LogP contribution in [-0.4, -0.2) is 20.2 Å². The van der Waals surface area contributed by atoms with E-state index in [1.807, 2.05) is 19.1 Å². The molecule has 5 nitrogen and oxygen atoms in total. The molecule has 2 N–H and O–H groups in total. The molecule has 0 unspecified atom stereocenters. The summed E-state index contributed by atoms with van der Waals surface area (Å²) in [6.45, 7) is 1.87. The summed E-state index contributed by atoms with van der Waals surface area (Å²) in [6, 6.07) is 12.8. The Labute approximate surface area is 157 Å². The summed E-state index contributed by atoms with van der Waals surface area (Å²) in [7, 11) is 0. The van der Waals surface area contributed by atoms with Crippen molar-refractivity contribution in [1.29, 1.82) is 0 Å². The lowest BCUT2D eigenvalue weighted by molar-refractivity contribution is 0.627. The van der Waals surface area contributed by atoms with E-state index in [-0.39, 0.29) is 5.82 Å². The van der Waals surface area contributed by atoms with Gasteiger partial charge in [0, 0.05) is 22.0 Å². The molecular weight excluding hydrogens is 361 g/mol. The van der Waals surface area contributed by atoms with Crippen molar-refractivity contribution < 1.29 is 4.39 Å². The molecule has 5 aromatic rings. The van der Waals surface area contributed by atoms with E-state index in [9.17, 15) is 4.39 Å². The number of hydrogen-bond donors (Lipinski definition) is 2. The fraction of sp³-hybridized carbons (Fsp3) is 0.0500. The monoisotopic (exact) mass is 375 g/mol. The zero-order chi connectivity index (χ0) is 18.4. The minimum atomic E-state index is -0.251. The number of halogens is 1. The molecule has 7 heteroatoms. The SMILES string of the molecule is Cc1cc(F)ccc1Nc1nc2c(-c3nnc[nH]3)cccc2c2ccsc12. The minimum absolute atomic E-state index is 0.251. The van der Waals surface area contributed by atoms with Crippen LogP contribution in [-0.2, 0) is 0 Å². The average Bonchev–Trinajstić information content (AvgIpc) is 3.35. The topological polar surface area (TPSA) is 66.5 Å². The highest BCUT2D eigenvalue weighted by molar-refractivity contribution is 7.18. The lowest BCUT2D eigenvalue weighted by atomic mass is 10.1. The molecule has 0 spiro atoms. The van der Waals surface area contributed by atoms with Gasteiger partial charge in [0.15, 0.2) is 5.82 Å². The standard InChI is InChI=1S/C20H14FN5S/c1-11-9-12(21)5-6-16(11)24-20-18-14(7-8-27-18)13-3-2-4-15(17(13)25-20)19-22-10-23-26-19/h2-10H,1H3,(H,24,25)(H,22,23,26). The molecule has 132 valence electrons. The quantitative estimate of drug-likeness (QED) is 0.441. The lowest BCUT2D eigenvalue weighted by Crippen LogP contribution is -1.98. The van der Waals surface area contributed by atoms with E-state index in [4.69, 9.17) is 4.98 Å². The van der Waals surface area contributed by atoms with E-state index in [0.717, 1.165) is 43.6 Å². The summed E-state index contributed by atoms with van der Waals surface area (Å²) in [5.41, 5.74) is 3.37. The lowest BCUT2D eigenvalue weighted by Gasteiger charge is -2.12. The molecule has 0 amide bonds. The number of fused-ring (bicyclic) bond motifs is 3. The second-order valence-electron chi connectivity index (χ2n) is 6.25. The third-order valence-electron chi connectivity index (χ3n) is 4.54. The first-order valence-corrected chi connectivity index (χ1v) is 9.28. The van der Waals surface area contributed by atoms with Gasteiger partial charge < -0.3 is 10.3 Å². The first-order valence-electron chi connectivity index (χ1n) is 8.40. The molecule has 0 aliphatic heterocycles. The maximum atomic E-state index is 13.5. The van der Waals surface area contributed by atoms with Crippen molar-refractivity contribution in [1.82, 2.24) is 20.2 Å². The first-order chi connectivity index (χ1) is 13.2. The molecule has 0 aliphatic carbocycles. The van der Waals surface area contributed by atoms with E-state index < -0.39 is 0 Å². The molecule has 0 saturated heterocycles. The van der Waals surface area contributed by atoms with Gasteiger partial charge in [0.05, 0.1) is 10.2 Å². The number of nitrogens with zero attached hydrogens (tertiary/aromatic N) is 3. The van der Waals surface area contributed by atoms with Crippen LogP contribution in [0.1, 0.15) is 5.56 Å². The van der Waals surface area contributed by atoms with Crippen molar-refractivity contribution in [2.24, 2.45) is 0 Å². The number of para-hydroxylation sites is 1. The van der Waals surface area contributed by atoms with Gasteiger partial charge in [0.1, 0.15) is 18.0 Å². The average molecular weight is 375 g/mol. The predicted molar refractivity (Wildman–Crippen MR) is 107 cm³/mol. The van der Waals surface area contributed by atoms with Crippen LogP contribution in [0.15, 0.2) is 54.2 Å². The highest BCUT2D eigenvalue weighted by Crippen LogP contribution is 2.37. The van der Waals surface area contributed by atoms with E-state index in [1.165, 1.54) is 12.1 Å². The zero-order valence-corrected chi connectivity index (χ0v) is 15.1. The van der Waals surface area contributed by atoms with Crippen LogP contribution in [0.4, 0.5) is 15.9 Å².